The Labute approximate surface area is 163 Å². The smallest absolute Gasteiger partial charge is 0.273 e. The molecular weight excluding hydrogens is 362 g/mol. The Morgan fingerprint density at radius 2 is 1.89 bits per heavy atom. The zero-order valence-electron chi connectivity index (χ0n) is 15.2. The Hall–Kier alpha value is -2.86. The van der Waals surface area contributed by atoms with Gasteiger partial charge in [-0.2, -0.15) is 0 Å². The standard InChI is InChI=1S/C20H22ClN5O/c1-2-25(16-9-4-3-5-10-16)14-8-13-22-20(27)18-15-26(24-23-18)19-12-7-6-11-17(19)21/h3-7,9-12,15H,2,8,13-14H2,1H3,(H,22,27). The van der Waals surface area contributed by atoms with Crippen LogP contribution < -0.4 is 10.2 Å². The molecule has 0 aliphatic carbocycles. The van der Waals surface area contributed by atoms with Crippen molar-refractivity contribution in [3.05, 3.63) is 71.5 Å². The summed E-state index contributed by atoms with van der Waals surface area (Å²) >= 11 is 6.15. The molecule has 1 aromatic heterocycles. The van der Waals surface area contributed by atoms with Gasteiger partial charge in [0.15, 0.2) is 5.69 Å². The third-order valence-electron chi connectivity index (χ3n) is 4.22. The van der Waals surface area contributed by atoms with Gasteiger partial charge in [-0.15, -0.1) is 5.10 Å². The Morgan fingerprint density at radius 3 is 2.63 bits per heavy atom. The first-order chi connectivity index (χ1) is 13.2. The molecule has 0 saturated carbocycles. The summed E-state index contributed by atoms with van der Waals surface area (Å²) in [6.45, 7) is 4.48. The molecule has 140 valence electrons. The fraction of sp³-hybridized carbons (Fsp3) is 0.250. The second-order valence-electron chi connectivity index (χ2n) is 6.02. The topological polar surface area (TPSA) is 63.1 Å². The number of benzene rings is 2. The van der Waals surface area contributed by atoms with Gasteiger partial charge in [0.1, 0.15) is 0 Å². The second-order valence-corrected chi connectivity index (χ2v) is 6.43. The zero-order chi connectivity index (χ0) is 19.1. The molecule has 1 amide bonds. The van der Waals surface area contributed by atoms with Crippen LogP contribution in [-0.4, -0.2) is 40.5 Å². The quantitative estimate of drug-likeness (QED) is 0.604. The number of carbonyl (C=O) groups excluding carboxylic acids is 1. The van der Waals surface area contributed by atoms with Crippen LogP contribution in [-0.2, 0) is 0 Å². The molecule has 1 N–H and O–H groups in total. The minimum Gasteiger partial charge on any atom is -0.372 e. The van der Waals surface area contributed by atoms with E-state index in [4.69, 9.17) is 11.6 Å². The fourth-order valence-electron chi connectivity index (χ4n) is 2.79. The molecular formula is C20H22ClN5O. The summed E-state index contributed by atoms with van der Waals surface area (Å²) in [7, 11) is 0. The molecule has 0 bridgehead atoms. The van der Waals surface area contributed by atoms with E-state index in [0.717, 1.165) is 19.5 Å². The normalized spacial score (nSPS) is 10.6. The number of halogens is 1. The Bertz CT molecular complexity index is 881. The maximum Gasteiger partial charge on any atom is 0.273 e. The third-order valence-corrected chi connectivity index (χ3v) is 4.54. The molecule has 0 aliphatic heterocycles. The molecule has 0 aliphatic rings. The Kier molecular flexibility index (Phi) is 6.44. The second kappa shape index (κ2) is 9.19. The number of anilines is 1. The number of hydrogen-bond acceptors (Lipinski definition) is 4. The summed E-state index contributed by atoms with van der Waals surface area (Å²) in [4.78, 5) is 14.6. The highest BCUT2D eigenvalue weighted by molar-refractivity contribution is 6.32. The van der Waals surface area contributed by atoms with Gasteiger partial charge in [-0.05, 0) is 37.6 Å². The lowest BCUT2D eigenvalue weighted by atomic mass is 10.2. The van der Waals surface area contributed by atoms with Crippen molar-refractivity contribution in [2.24, 2.45) is 0 Å². The van der Waals surface area contributed by atoms with E-state index in [2.05, 4.69) is 39.6 Å². The van der Waals surface area contributed by atoms with Crippen molar-refractivity contribution >= 4 is 23.2 Å². The van der Waals surface area contributed by atoms with Crippen LogP contribution in [0.2, 0.25) is 5.02 Å². The predicted octanol–water partition coefficient (Wildman–Crippen LogP) is 3.57. The van der Waals surface area contributed by atoms with E-state index in [-0.39, 0.29) is 11.6 Å². The van der Waals surface area contributed by atoms with Crippen molar-refractivity contribution in [3.8, 4) is 5.69 Å². The molecule has 0 radical (unpaired) electrons. The summed E-state index contributed by atoms with van der Waals surface area (Å²) in [5.74, 6) is -0.240. The molecule has 0 unspecified atom stereocenters. The largest absolute Gasteiger partial charge is 0.372 e. The van der Waals surface area contributed by atoms with Gasteiger partial charge in [0.25, 0.3) is 5.91 Å². The maximum absolute atomic E-state index is 12.3. The van der Waals surface area contributed by atoms with Crippen molar-refractivity contribution < 1.29 is 4.79 Å². The fourth-order valence-corrected chi connectivity index (χ4v) is 3.02. The number of rotatable bonds is 8. The molecule has 0 spiro atoms. The molecule has 6 nitrogen and oxygen atoms in total. The maximum atomic E-state index is 12.3. The van der Waals surface area contributed by atoms with Crippen LogP contribution in [0.25, 0.3) is 5.69 Å². The SMILES string of the molecule is CCN(CCCNC(=O)c1cn(-c2ccccc2Cl)nn1)c1ccccc1. The van der Waals surface area contributed by atoms with Crippen molar-refractivity contribution in [2.75, 3.05) is 24.5 Å². The minimum atomic E-state index is -0.240. The molecule has 0 atom stereocenters. The number of para-hydroxylation sites is 2. The molecule has 0 fully saturated rings. The van der Waals surface area contributed by atoms with Gasteiger partial charge in [-0.25, -0.2) is 4.68 Å². The first-order valence-electron chi connectivity index (χ1n) is 8.94. The van der Waals surface area contributed by atoms with E-state index < -0.39 is 0 Å². The predicted molar refractivity (Wildman–Crippen MR) is 108 cm³/mol. The number of carbonyl (C=O) groups is 1. The molecule has 2 aromatic carbocycles. The van der Waals surface area contributed by atoms with Crippen LogP contribution >= 0.6 is 11.6 Å². The molecule has 0 saturated heterocycles. The Morgan fingerprint density at radius 1 is 1.15 bits per heavy atom. The molecule has 3 aromatic rings. The van der Waals surface area contributed by atoms with Gasteiger partial charge in [0.2, 0.25) is 0 Å². The number of hydrogen-bond donors (Lipinski definition) is 1. The van der Waals surface area contributed by atoms with Crippen molar-refractivity contribution in [1.29, 1.82) is 0 Å². The molecule has 3 rings (SSSR count). The van der Waals surface area contributed by atoms with Gasteiger partial charge in [0, 0.05) is 25.3 Å². The summed E-state index contributed by atoms with van der Waals surface area (Å²) in [5.41, 5.74) is 2.14. The van der Waals surface area contributed by atoms with Crippen LogP contribution in [0.1, 0.15) is 23.8 Å². The van der Waals surface area contributed by atoms with Crippen LogP contribution in [0.4, 0.5) is 5.69 Å². The molecule has 27 heavy (non-hydrogen) atoms. The lowest BCUT2D eigenvalue weighted by Crippen LogP contribution is -2.30. The minimum absolute atomic E-state index is 0.240. The number of aromatic nitrogens is 3. The summed E-state index contributed by atoms with van der Waals surface area (Å²) < 4.78 is 1.51. The van der Waals surface area contributed by atoms with Crippen LogP contribution in [0, 0.1) is 0 Å². The highest BCUT2D eigenvalue weighted by Crippen LogP contribution is 2.18. The van der Waals surface area contributed by atoms with E-state index in [1.54, 1.807) is 12.3 Å². The van der Waals surface area contributed by atoms with E-state index >= 15 is 0 Å². The van der Waals surface area contributed by atoms with Gasteiger partial charge in [-0.3, -0.25) is 4.79 Å². The number of nitrogens with one attached hydrogen (secondary N) is 1. The van der Waals surface area contributed by atoms with Crippen LogP contribution in [0.15, 0.2) is 60.8 Å². The van der Waals surface area contributed by atoms with Crippen molar-refractivity contribution in [1.82, 2.24) is 20.3 Å². The van der Waals surface area contributed by atoms with E-state index in [0.29, 0.717) is 17.3 Å². The third kappa shape index (κ3) is 4.86. The van der Waals surface area contributed by atoms with Crippen molar-refractivity contribution in [3.63, 3.8) is 0 Å². The summed E-state index contributed by atoms with van der Waals surface area (Å²) in [6, 6.07) is 17.5. The van der Waals surface area contributed by atoms with E-state index in [1.807, 2.05) is 36.4 Å². The number of amides is 1. The lowest BCUT2D eigenvalue weighted by molar-refractivity contribution is 0.0948. The molecule has 1 heterocycles. The monoisotopic (exact) mass is 383 g/mol. The van der Waals surface area contributed by atoms with Gasteiger partial charge < -0.3 is 10.2 Å². The average Bonchev–Trinajstić information content (AvgIpc) is 3.19. The highest BCUT2D eigenvalue weighted by Gasteiger charge is 2.12. The van der Waals surface area contributed by atoms with Gasteiger partial charge in [0.05, 0.1) is 16.9 Å². The first kappa shape index (κ1) is 18.9. The van der Waals surface area contributed by atoms with Crippen LogP contribution in [0.5, 0.6) is 0 Å². The number of nitrogens with zero attached hydrogens (tertiary/aromatic N) is 4. The van der Waals surface area contributed by atoms with Crippen molar-refractivity contribution in [2.45, 2.75) is 13.3 Å². The zero-order valence-corrected chi connectivity index (χ0v) is 15.9. The molecule has 7 heteroatoms. The van der Waals surface area contributed by atoms with E-state index in [9.17, 15) is 4.79 Å². The first-order valence-corrected chi connectivity index (χ1v) is 9.32. The van der Waals surface area contributed by atoms with Crippen LogP contribution in [0.3, 0.4) is 0 Å². The highest BCUT2D eigenvalue weighted by atomic mass is 35.5. The summed E-state index contributed by atoms with van der Waals surface area (Å²) in [6.07, 6.45) is 2.42. The lowest BCUT2D eigenvalue weighted by Gasteiger charge is -2.23. The Balaban J connectivity index is 1.51. The van der Waals surface area contributed by atoms with Gasteiger partial charge >= 0.3 is 0 Å². The summed E-state index contributed by atoms with van der Waals surface area (Å²) in [5, 5.41) is 11.4. The average molecular weight is 384 g/mol. The van der Waals surface area contributed by atoms with Gasteiger partial charge in [-0.1, -0.05) is 47.1 Å². The van der Waals surface area contributed by atoms with E-state index in [1.165, 1.54) is 10.4 Å².